The van der Waals surface area contributed by atoms with Crippen LogP contribution in [0.1, 0.15) is 41.7 Å². The van der Waals surface area contributed by atoms with Crippen LogP contribution in [0, 0.1) is 20.8 Å². The Morgan fingerprint density at radius 1 is 1.00 bits per heavy atom. The molecule has 1 fully saturated rings. The van der Waals surface area contributed by atoms with Gasteiger partial charge in [0.15, 0.2) is 0 Å². The quantitative estimate of drug-likeness (QED) is 0.558. The molecule has 0 radical (unpaired) electrons. The fourth-order valence-corrected chi connectivity index (χ4v) is 4.26. The number of ether oxygens (including phenoxy) is 1. The summed E-state index contributed by atoms with van der Waals surface area (Å²) in [7, 11) is 1.62. The van der Waals surface area contributed by atoms with Gasteiger partial charge in [-0.05, 0) is 82.6 Å². The Morgan fingerprint density at radius 3 is 2.39 bits per heavy atom. The second-order valence-electron chi connectivity index (χ2n) is 8.43. The molecule has 0 unspecified atom stereocenters. The van der Waals surface area contributed by atoms with Gasteiger partial charge >= 0.3 is 0 Å². The molecular weight excluding hydrogens is 416 g/mol. The molecule has 2 N–H and O–H groups in total. The van der Waals surface area contributed by atoms with Gasteiger partial charge in [-0.25, -0.2) is 9.97 Å². The predicted molar refractivity (Wildman–Crippen MR) is 129 cm³/mol. The number of methoxy groups -OCH3 is 1. The summed E-state index contributed by atoms with van der Waals surface area (Å²) in [6.07, 6.45) is 1.99. The van der Waals surface area contributed by atoms with Crippen molar-refractivity contribution >= 4 is 23.2 Å². The molecule has 33 heavy (non-hydrogen) atoms. The van der Waals surface area contributed by atoms with E-state index in [1.165, 1.54) is 0 Å². The molecule has 1 amide bonds. The molecule has 0 saturated carbocycles. The molecule has 2 aromatic heterocycles. The lowest BCUT2D eigenvalue weighted by molar-refractivity contribution is -0.117. The minimum Gasteiger partial charge on any atom is -0.497 e. The van der Waals surface area contributed by atoms with Gasteiger partial charge in [-0.2, -0.15) is 0 Å². The first-order valence-electron chi connectivity index (χ1n) is 11.2. The van der Waals surface area contributed by atoms with Gasteiger partial charge in [-0.3, -0.25) is 14.7 Å². The van der Waals surface area contributed by atoms with Crippen LogP contribution < -0.4 is 15.4 Å². The number of nitrogens with one attached hydrogen (secondary N) is 2. The Bertz CT molecular complexity index is 1110. The van der Waals surface area contributed by atoms with Crippen molar-refractivity contribution in [1.82, 2.24) is 19.9 Å². The van der Waals surface area contributed by atoms with Gasteiger partial charge in [0.25, 0.3) is 0 Å². The van der Waals surface area contributed by atoms with Crippen molar-refractivity contribution in [1.29, 1.82) is 0 Å². The third-order valence-corrected chi connectivity index (χ3v) is 5.64. The van der Waals surface area contributed by atoms with Crippen LogP contribution in [0.3, 0.4) is 0 Å². The maximum atomic E-state index is 12.7. The summed E-state index contributed by atoms with van der Waals surface area (Å²) in [5.41, 5.74) is 5.36. The number of benzene rings is 1. The maximum absolute atomic E-state index is 12.7. The van der Waals surface area contributed by atoms with Crippen LogP contribution in [0.25, 0.3) is 0 Å². The van der Waals surface area contributed by atoms with Crippen LogP contribution in [-0.4, -0.2) is 46.0 Å². The van der Waals surface area contributed by atoms with Gasteiger partial charge < -0.3 is 15.4 Å². The summed E-state index contributed by atoms with van der Waals surface area (Å²) in [4.78, 5) is 28.6. The number of hydrogen-bond donors (Lipinski definition) is 2. The van der Waals surface area contributed by atoms with Gasteiger partial charge in [0, 0.05) is 28.5 Å². The van der Waals surface area contributed by atoms with Crippen molar-refractivity contribution in [2.45, 2.75) is 39.7 Å². The number of aryl methyl sites for hydroxylation is 3. The zero-order valence-electron chi connectivity index (χ0n) is 19.6. The number of pyridine rings is 1. The highest BCUT2D eigenvalue weighted by atomic mass is 16.5. The molecule has 0 aliphatic carbocycles. The van der Waals surface area contributed by atoms with Crippen LogP contribution in [0.4, 0.5) is 17.3 Å². The molecule has 4 rings (SSSR count). The molecule has 0 bridgehead atoms. The zero-order chi connectivity index (χ0) is 23.4. The molecule has 1 atom stereocenters. The van der Waals surface area contributed by atoms with E-state index in [0.29, 0.717) is 12.5 Å². The van der Waals surface area contributed by atoms with E-state index in [1.54, 1.807) is 7.11 Å². The van der Waals surface area contributed by atoms with E-state index in [0.717, 1.165) is 59.3 Å². The number of hydrogen-bond acceptors (Lipinski definition) is 7. The van der Waals surface area contributed by atoms with Crippen molar-refractivity contribution < 1.29 is 9.53 Å². The molecule has 8 nitrogen and oxygen atoms in total. The van der Waals surface area contributed by atoms with E-state index in [2.05, 4.69) is 25.5 Å². The van der Waals surface area contributed by atoms with E-state index in [9.17, 15) is 4.79 Å². The SMILES string of the molecule is COc1ccc(NC(=O)CN2CCC[C@H]2c2cc(Nc3nc(C)cc(C)n3)cc(C)n2)cc1. The van der Waals surface area contributed by atoms with Crippen LogP contribution in [0.2, 0.25) is 0 Å². The molecule has 8 heteroatoms. The van der Waals surface area contributed by atoms with Crippen molar-refractivity contribution in [2.75, 3.05) is 30.8 Å². The molecule has 172 valence electrons. The summed E-state index contributed by atoms with van der Waals surface area (Å²) >= 11 is 0. The number of amides is 1. The van der Waals surface area contributed by atoms with E-state index in [1.807, 2.05) is 63.2 Å². The highest BCUT2D eigenvalue weighted by Gasteiger charge is 2.29. The normalized spacial score (nSPS) is 15.9. The van der Waals surface area contributed by atoms with Crippen molar-refractivity contribution in [3.63, 3.8) is 0 Å². The van der Waals surface area contributed by atoms with Gasteiger partial charge in [0.1, 0.15) is 5.75 Å². The number of rotatable bonds is 7. The fourth-order valence-electron chi connectivity index (χ4n) is 4.26. The van der Waals surface area contributed by atoms with E-state index >= 15 is 0 Å². The zero-order valence-corrected chi connectivity index (χ0v) is 19.6. The van der Waals surface area contributed by atoms with Crippen LogP contribution in [0.15, 0.2) is 42.5 Å². The monoisotopic (exact) mass is 446 g/mol. The Morgan fingerprint density at radius 2 is 1.70 bits per heavy atom. The Kier molecular flexibility index (Phi) is 6.84. The van der Waals surface area contributed by atoms with E-state index in [-0.39, 0.29) is 11.9 Å². The molecular formula is C25H30N6O2. The summed E-state index contributed by atoms with van der Waals surface area (Å²) in [5.74, 6) is 1.29. The topological polar surface area (TPSA) is 92.3 Å². The van der Waals surface area contributed by atoms with Gasteiger partial charge in [-0.15, -0.1) is 0 Å². The molecule has 3 aromatic rings. The lowest BCUT2D eigenvalue weighted by atomic mass is 10.1. The van der Waals surface area contributed by atoms with Crippen LogP contribution in [0.5, 0.6) is 5.75 Å². The third-order valence-electron chi connectivity index (χ3n) is 5.64. The number of aromatic nitrogens is 3. The van der Waals surface area contributed by atoms with Crippen LogP contribution in [-0.2, 0) is 4.79 Å². The average molecular weight is 447 g/mol. The Balaban J connectivity index is 1.46. The predicted octanol–water partition coefficient (Wildman–Crippen LogP) is 4.32. The Hall–Kier alpha value is -3.52. The number of carbonyl (C=O) groups is 1. The van der Waals surface area contributed by atoms with Gasteiger partial charge in [-0.1, -0.05) is 0 Å². The molecule has 3 heterocycles. The minimum absolute atomic E-state index is 0.0401. The smallest absolute Gasteiger partial charge is 0.238 e. The van der Waals surface area contributed by atoms with Crippen molar-refractivity contribution in [3.8, 4) is 5.75 Å². The maximum Gasteiger partial charge on any atom is 0.238 e. The molecule has 0 spiro atoms. The van der Waals surface area contributed by atoms with Crippen molar-refractivity contribution in [2.24, 2.45) is 0 Å². The number of anilines is 3. The summed E-state index contributed by atoms with van der Waals surface area (Å²) < 4.78 is 5.17. The molecule has 1 saturated heterocycles. The lowest BCUT2D eigenvalue weighted by Crippen LogP contribution is -2.33. The van der Waals surface area contributed by atoms with E-state index in [4.69, 9.17) is 9.72 Å². The third kappa shape index (κ3) is 5.84. The van der Waals surface area contributed by atoms with Crippen LogP contribution >= 0.6 is 0 Å². The largest absolute Gasteiger partial charge is 0.497 e. The summed E-state index contributed by atoms with van der Waals surface area (Å²) in [5, 5.41) is 6.29. The standard InChI is InChI=1S/C25H30N6O2/c1-16-12-17(2)28-25(27-16)30-20-13-18(3)26-22(14-20)23-6-5-11-31(23)15-24(32)29-19-7-9-21(33-4)10-8-19/h7-10,12-14,23H,5-6,11,15H2,1-4H3,(H,29,32)(H,26,27,28,30)/t23-/m0/s1. The summed E-state index contributed by atoms with van der Waals surface area (Å²) in [6, 6.07) is 13.4. The number of carbonyl (C=O) groups excluding carboxylic acids is 1. The second kappa shape index (κ2) is 9.95. The first-order valence-corrected chi connectivity index (χ1v) is 11.2. The van der Waals surface area contributed by atoms with Gasteiger partial charge in [0.2, 0.25) is 11.9 Å². The van der Waals surface area contributed by atoms with Crippen molar-refractivity contribution in [3.05, 3.63) is 65.2 Å². The molecule has 1 aliphatic rings. The van der Waals surface area contributed by atoms with Gasteiger partial charge in [0.05, 0.1) is 25.4 Å². The van der Waals surface area contributed by atoms with E-state index < -0.39 is 0 Å². The first kappa shape index (κ1) is 22.7. The first-order chi connectivity index (χ1) is 15.9. The average Bonchev–Trinajstić information content (AvgIpc) is 3.21. The molecule has 1 aliphatic heterocycles. The minimum atomic E-state index is -0.0401. The highest BCUT2D eigenvalue weighted by Crippen LogP contribution is 2.32. The summed E-state index contributed by atoms with van der Waals surface area (Å²) in [6.45, 7) is 7.06. The highest BCUT2D eigenvalue weighted by molar-refractivity contribution is 5.92. The fraction of sp³-hybridized carbons (Fsp3) is 0.360. The lowest BCUT2D eigenvalue weighted by Gasteiger charge is -2.24. The number of likely N-dealkylation sites (tertiary alicyclic amines) is 1. The second-order valence-corrected chi connectivity index (χ2v) is 8.43. The number of nitrogens with zero attached hydrogens (tertiary/aromatic N) is 4. The Labute approximate surface area is 194 Å². The molecule has 1 aromatic carbocycles.